The smallest absolute Gasteiger partial charge is 0.336 e. The first-order chi connectivity index (χ1) is 15.6. The van der Waals surface area contributed by atoms with Crippen LogP contribution in [0.1, 0.15) is 5.69 Å². The Morgan fingerprint density at radius 2 is 1.94 bits per heavy atom. The molecule has 8 nitrogen and oxygen atoms in total. The standard InChI is InChI=1S/C23H14N2O6S/c26-22-11-19(14-3-5-16(6-4-14)25(27)28)18-8-7-17(10-20(18)31-22)29-12-15-13-30-23(24-15)21-2-1-9-32-21/h1-11,13H,12H2. The Morgan fingerprint density at radius 1 is 1.09 bits per heavy atom. The van der Waals surface area contributed by atoms with Crippen LogP contribution in [-0.4, -0.2) is 9.91 Å². The maximum Gasteiger partial charge on any atom is 0.336 e. The Kier molecular flexibility index (Phi) is 5.00. The maximum atomic E-state index is 12.1. The molecule has 0 unspecified atom stereocenters. The minimum atomic E-state index is -0.528. The first kappa shape index (κ1) is 19.7. The molecule has 0 aliphatic heterocycles. The second-order valence-corrected chi connectivity index (χ2v) is 7.80. The van der Waals surface area contributed by atoms with E-state index in [0.29, 0.717) is 39.4 Å². The van der Waals surface area contributed by atoms with Gasteiger partial charge in [0.1, 0.15) is 29.9 Å². The summed E-state index contributed by atoms with van der Waals surface area (Å²) in [7, 11) is 0. The number of aromatic nitrogens is 1. The molecule has 0 aliphatic carbocycles. The summed E-state index contributed by atoms with van der Waals surface area (Å²) in [4.78, 5) is 27.9. The van der Waals surface area contributed by atoms with Crippen LogP contribution in [0.15, 0.2) is 85.9 Å². The number of hydrogen-bond acceptors (Lipinski definition) is 8. The van der Waals surface area contributed by atoms with Gasteiger partial charge < -0.3 is 13.6 Å². The molecule has 0 saturated carbocycles. The summed E-state index contributed by atoms with van der Waals surface area (Å²) in [6.45, 7) is 0.187. The van der Waals surface area contributed by atoms with E-state index in [0.717, 1.165) is 4.88 Å². The van der Waals surface area contributed by atoms with Crippen molar-refractivity contribution >= 4 is 28.0 Å². The van der Waals surface area contributed by atoms with Crippen molar-refractivity contribution in [2.75, 3.05) is 0 Å². The van der Waals surface area contributed by atoms with E-state index in [2.05, 4.69) is 4.98 Å². The monoisotopic (exact) mass is 446 g/mol. The minimum Gasteiger partial charge on any atom is -0.487 e. The van der Waals surface area contributed by atoms with Gasteiger partial charge in [0.2, 0.25) is 5.89 Å². The Hall–Kier alpha value is -4.24. The highest BCUT2D eigenvalue weighted by Crippen LogP contribution is 2.31. The normalized spacial score (nSPS) is 11.0. The molecule has 5 rings (SSSR count). The second kappa shape index (κ2) is 8.12. The van der Waals surface area contributed by atoms with E-state index in [4.69, 9.17) is 13.6 Å². The fourth-order valence-electron chi connectivity index (χ4n) is 3.28. The van der Waals surface area contributed by atoms with Crippen molar-refractivity contribution in [3.63, 3.8) is 0 Å². The van der Waals surface area contributed by atoms with Crippen molar-refractivity contribution in [3.05, 3.63) is 98.5 Å². The number of rotatable bonds is 6. The Balaban J connectivity index is 1.40. The number of benzene rings is 2. The third-order valence-electron chi connectivity index (χ3n) is 4.78. The van der Waals surface area contributed by atoms with Crippen molar-refractivity contribution in [2.24, 2.45) is 0 Å². The first-order valence-electron chi connectivity index (χ1n) is 9.51. The highest BCUT2D eigenvalue weighted by molar-refractivity contribution is 7.13. The van der Waals surface area contributed by atoms with Gasteiger partial charge in [-0.15, -0.1) is 11.3 Å². The molecule has 3 heterocycles. The van der Waals surface area contributed by atoms with Crippen LogP contribution in [0, 0.1) is 10.1 Å². The molecular weight excluding hydrogens is 432 g/mol. The van der Waals surface area contributed by atoms with Crippen LogP contribution in [0.4, 0.5) is 5.69 Å². The van der Waals surface area contributed by atoms with Gasteiger partial charge in [0.05, 0.1) is 9.80 Å². The fourth-order valence-corrected chi connectivity index (χ4v) is 3.93. The molecule has 5 aromatic rings. The van der Waals surface area contributed by atoms with E-state index >= 15 is 0 Å². The van der Waals surface area contributed by atoms with Crippen LogP contribution >= 0.6 is 11.3 Å². The molecule has 0 N–H and O–H groups in total. The molecule has 0 fully saturated rings. The molecule has 0 bridgehead atoms. The summed E-state index contributed by atoms with van der Waals surface area (Å²) in [5.41, 5.74) is 1.73. The lowest BCUT2D eigenvalue weighted by atomic mass is 10.0. The molecule has 0 radical (unpaired) electrons. The molecule has 0 atom stereocenters. The average Bonchev–Trinajstić information content (AvgIpc) is 3.49. The third-order valence-corrected chi connectivity index (χ3v) is 5.63. The van der Waals surface area contributed by atoms with Gasteiger partial charge in [-0.3, -0.25) is 10.1 Å². The number of nitro groups is 1. The lowest BCUT2D eigenvalue weighted by Crippen LogP contribution is -2.00. The van der Waals surface area contributed by atoms with Crippen molar-refractivity contribution < 1.29 is 18.5 Å². The number of thiophene rings is 1. The molecule has 3 aromatic heterocycles. The Bertz CT molecular complexity index is 1470. The fraction of sp³-hybridized carbons (Fsp3) is 0.0435. The average molecular weight is 446 g/mol. The predicted molar refractivity (Wildman–Crippen MR) is 119 cm³/mol. The van der Waals surface area contributed by atoms with Gasteiger partial charge in [0, 0.05) is 29.7 Å². The second-order valence-electron chi connectivity index (χ2n) is 6.85. The number of nitrogens with zero attached hydrogens (tertiary/aromatic N) is 2. The van der Waals surface area contributed by atoms with Gasteiger partial charge in [0.15, 0.2) is 0 Å². The molecule has 9 heteroatoms. The van der Waals surface area contributed by atoms with Gasteiger partial charge in [-0.1, -0.05) is 6.07 Å². The maximum absolute atomic E-state index is 12.1. The number of nitro benzene ring substituents is 1. The van der Waals surface area contributed by atoms with E-state index in [1.165, 1.54) is 29.5 Å². The molecular formula is C23H14N2O6S. The Labute approximate surface area is 184 Å². The number of oxazole rings is 1. The lowest BCUT2D eigenvalue weighted by molar-refractivity contribution is -0.384. The summed E-state index contributed by atoms with van der Waals surface area (Å²) in [6, 6.07) is 16.4. The SMILES string of the molecule is O=c1cc(-c2ccc([N+](=O)[O-])cc2)c2ccc(OCc3coc(-c4cccs4)n3)cc2o1. The molecule has 0 spiro atoms. The molecule has 0 aliphatic rings. The number of fused-ring (bicyclic) bond motifs is 1. The van der Waals surface area contributed by atoms with Crippen LogP contribution in [0.25, 0.3) is 32.9 Å². The summed E-state index contributed by atoms with van der Waals surface area (Å²) >= 11 is 1.54. The number of hydrogen-bond donors (Lipinski definition) is 0. The van der Waals surface area contributed by atoms with Crippen LogP contribution in [0.3, 0.4) is 0 Å². The van der Waals surface area contributed by atoms with E-state index < -0.39 is 10.5 Å². The summed E-state index contributed by atoms with van der Waals surface area (Å²) in [6.07, 6.45) is 1.54. The van der Waals surface area contributed by atoms with E-state index in [-0.39, 0.29) is 12.3 Å². The first-order valence-corrected chi connectivity index (χ1v) is 10.4. The zero-order valence-electron chi connectivity index (χ0n) is 16.4. The van der Waals surface area contributed by atoms with Gasteiger partial charge >= 0.3 is 5.63 Å². The highest BCUT2D eigenvalue weighted by atomic mass is 32.1. The van der Waals surface area contributed by atoms with Gasteiger partial charge in [-0.25, -0.2) is 9.78 Å². The van der Waals surface area contributed by atoms with Crippen LogP contribution < -0.4 is 10.4 Å². The molecule has 32 heavy (non-hydrogen) atoms. The van der Waals surface area contributed by atoms with E-state index in [1.54, 1.807) is 36.6 Å². The summed E-state index contributed by atoms with van der Waals surface area (Å²) < 4.78 is 16.6. The zero-order valence-corrected chi connectivity index (χ0v) is 17.2. The van der Waals surface area contributed by atoms with E-state index in [1.807, 2.05) is 17.5 Å². The van der Waals surface area contributed by atoms with Crippen molar-refractivity contribution in [1.82, 2.24) is 4.98 Å². The van der Waals surface area contributed by atoms with Gasteiger partial charge in [0.25, 0.3) is 5.69 Å². The predicted octanol–water partition coefficient (Wildman–Crippen LogP) is 5.66. The van der Waals surface area contributed by atoms with Gasteiger partial charge in [-0.05, 0) is 46.8 Å². The van der Waals surface area contributed by atoms with Crippen LogP contribution in [0.5, 0.6) is 5.75 Å². The molecule has 0 saturated heterocycles. The molecule has 158 valence electrons. The number of non-ortho nitro benzene ring substituents is 1. The third kappa shape index (κ3) is 3.88. The van der Waals surface area contributed by atoms with Crippen molar-refractivity contribution in [1.29, 1.82) is 0 Å². The Morgan fingerprint density at radius 3 is 2.69 bits per heavy atom. The van der Waals surface area contributed by atoms with Crippen LogP contribution in [-0.2, 0) is 6.61 Å². The van der Waals surface area contributed by atoms with Crippen LogP contribution in [0.2, 0.25) is 0 Å². The zero-order chi connectivity index (χ0) is 22.1. The summed E-state index contributed by atoms with van der Waals surface area (Å²) in [5.74, 6) is 1.04. The van der Waals surface area contributed by atoms with E-state index in [9.17, 15) is 14.9 Å². The highest BCUT2D eigenvalue weighted by Gasteiger charge is 2.12. The van der Waals surface area contributed by atoms with Crippen molar-refractivity contribution in [3.8, 4) is 27.6 Å². The minimum absolute atomic E-state index is 0.0215. The molecule has 0 amide bonds. The number of ether oxygens (including phenoxy) is 1. The largest absolute Gasteiger partial charge is 0.487 e. The molecule has 2 aromatic carbocycles. The topological polar surface area (TPSA) is 109 Å². The summed E-state index contributed by atoms with van der Waals surface area (Å²) in [5, 5.41) is 13.5. The quantitative estimate of drug-likeness (QED) is 0.188. The van der Waals surface area contributed by atoms with Gasteiger partial charge in [-0.2, -0.15) is 0 Å². The van der Waals surface area contributed by atoms with Crippen molar-refractivity contribution in [2.45, 2.75) is 6.61 Å². The lowest BCUT2D eigenvalue weighted by Gasteiger charge is -2.08.